The highest BCUT2D eigenvalue weighted by Gasteiger charge is 2.45. The number of nitrogens with zero attached hydrogens (tertiary/aromatic N) is 4. The van der Waals surface area contributed by atoms with Crippen molar-refractivity contribution in [2.75, 3.05) is 18.0 Å². The number of carbonyl (C=O) groups excluding carboxylic acids is 1. The van der Waals surface area contributed by atoms with E-state index in [4.69, 9.17) is 27.9 Å². The molecule has 0 unspecified atom stereocenters. The van der Waals surface area contributed by atoms with Crippen molar-refractivity contribution in [3.8, 4) is 0 Å². The zero-order chi connectivity index (χ0) is 21.1. The van der Waals surface area contributed by atoms with Gasteiger partial charge < -0.3 is 9.64 Å². The summed E-state index contributed by atoms with van der Waals surface area (Å²) in [5, 5.41) is 0.685. The number of anilines is 1. The minimum atomic E-state index is -0.576. The number of hydrogen-bond acceptors (Lipinski definition) is 5. The molecule has 2 aromatic rings. The lowest BCUT2D eigenvalue weighted by molar-refractivity contribution is 0.0123. The third kappa shape index (κ3) is 3.86. The number of rotatable bonds is 1. The second-order valence-corrected chi connectivity index (χ2v) is 9.91. The first kappa shape index (κ1) is 20.9. The van der Waals surface area contributed by atoms with E-state index in [0.29, 0.717) is 24.3 Å². The van der Waals surface area contributed by atoms with Crippen LogP contribution in [0.1, 0.15) is 33.6 Å². The molecule has 0 N–H and O–H groups in total. The Bertz CT molecular complexity index is 987. The Morgan fingerprint density at radius 2 is 1.86 bits per heavy atom. The Hall–Kier alpha value is -1.38. The van der Waals surface area contributed by atoms with Crippen molar-refractivity contribution in [1.29, 1.82) is 0 Å². The van der Waals surface area contributed by atoms with Crippen LogP contribution in [-0.2, 0) is 4.74 Å². The van der Waals surface area contributed by atoms with Crippen LogP contribution in [0.3, 0.4) is 0 Å². The Kier molecular flexibility index (Phi) is 5.32. The van der Waals surface area contributed by atoms with Crippen LogP contribution in [0.4, 0.5) is 15.0 Å². The van der Waals surface area contributed by atoms with Crippen LogP contribution in [-0.4, -0.2) is 51.7 Å². The van der Waals surface area contributed by atoms with Crippen molar-refractivity contribution in [3.63, 3.8) is 0 Å². The smallest absolute Gasteiger partial charge is 0.410 e. The summed E-state index contributed by atoms with van der Waals surface area (Å²) in [4.78, 5) is 25.0. The van der Waals surface area contributed by atoms with E-state index in [-0.39, 0.29) is 38.5 Å². The van der Waals surface area contributed by atoms with Gasteiger partial charge in [-0.2, -0.15) is 4.98 Å². The van der Waals surface area contributed by atoms with E-state index in [1.165, 1.54) is 0 Å². The predicted octanol–water partition coefficient (Wildman–Crippen LogP) is 5.43. The zero-order valence-electron chi connectivity index (χ0n) is 16.2. The number of aromatic nitrogens is 2. The maximum Gasteiger partial charge on any atom is 0.410 e. The van der Waals surface area contributed by atoms with E-state index in [9.17, 15) is 9.18 Å². The Balaban J connectivity index is 1.68. The van der Waals surface area contributed by atoms with Gasteiger partial charge in [0.05, 0.1) is 21.6 Å². The molecule has 0 aliphatic carbocycles. The van der Waals surface area contributed by atoms with Gasteiger partial charge in [0.1, 0.15) is 16.9 Å². The van der Waals surface area contributed by atoms with E-state index in [1.54, 1.807) is 6.07 Å². The first-order valence-electron chi connectivity index (χ1n) is 9.32. The standard InChI is InChI=1S/C19H20BrCl2FN4O2/c1-19(2,3)29-18(28)27-9-4-5-10(27)8-26(7-9)16-11-6-12(21)13(20)14(23)15(11)24-17(22)25-16/h6,9-10H,4-5,7-8H2,1-3H3/t9-,10-/m0/s1. The second kappa shape index (κ2) is 7.39. The Morgan fingerprint density at radius 1 is 1.24 bits per heavy atom. The Morgan fingerprint density at radius 3 is 2.45 bits per heavy atom. The molecule has 0 spiro atoms. The molecule has 6 nitrogen and oxygen atoms in total. The van der Waals surface area contributed by atoms with Gasteiger partial charge >= 0.3 is 6.09 Å². The summed E-state index contributed by atoms with van der Waals surface area (Å²) in [6, 6.07) is 1.61. The molecule has 1 amide bonds. The van der Waals surface area contributed by atoms with E-state index < -0.39 is 11.4 Å². The van der Waals surface area contributed by atoms with Gasteiger partial charge in [-0.3, -0.25) is 4.90 Å². The molecule has 2 aliphatic heterocycles. The van der Waals surface area contributed by atoms with Gasteiger partial charge in [0, 0.05) is 18.5 Å². The minimum absolute atomic E-state index is 0.0110. The van der Waals surface area contributed by atoms with Gasteiger partial charge in [-0.05, 0) is 67.2 Å². The van der Waals surface area contributed by atoms with Gasteiger partial charge in [-0.25, -0.2) is 14.2 Å². The lowest BCUT2D eigenvalue weighted by Crippen LogP contribution is -2.57. The number of amides is 1. The van der Waals surface area contributed by atoms with Crippen molar-refractivity contribution in [3.05, 3.63) is 26.7 Å². The Labute approximate surface area is 186 Å². The molecular weight excluding hydrogens is 486 g/mol. The zero-order valence-corrected chi connectivity index (χ0v) is 19.3. The lowest BCUT2D eigenvalue weighted by Gasteiger charge is -2.42. The summed E-state index contributed by atoms with van der Waals surface area (Å²) < 4.78 is 20.4. The summed E-state index contributed by atoms with van der Waals surface area (Å²) in [7, 11) is 0. The van der Waals surface area contributed by atoms with Gasteiger partial charge in [-0.1, -0.05) is 11.6 Å². The topological polar surface area (TPSA) is 58.6 Å². The molecule has 1 aromatic carbocycles. The van der Waals surface area contributed by atoms with Gasteiger partial charge in [0.25, 0.3) is 0 Å². The highest BCUT2D eigenvalue weighted by atomic mass is 79.9. The van der Waals surface area contributed by atoms with Crippen LogP contribution in [0, 0.1) is 5.82 Å². The van der Waals surface area contributed by atoms with Crippen LogP contribution in [0.2, 0.25) is 10.3 Å². The van der Waals surface area contributed by atoms with Crippen molar-refractivity contribution in [2.45, 2.75) is 51.3 Å². The van der Waals surface area contributed by atoms with Gasteiger partial charge in [0.15, 0.2) is 5.82 Å². The summed E-state index contributed by atoms with van der Waals surface area (Å²) in [6.45, 7) is 6.67. The number of halogens is 4. The highest BCUT2D eigenvalue weighted by Crippen LogP contribution is 2.39. The average Bonchev–Trinajstić information content (AvgIpc) is 2.89. The van der Waals surface area contributed by atoms with Crippen molar-refractivity contribution in [1.82, 2.24) is 14.9 Å². The number of benzene rings is 1. The van der Waals surface area contributed by atoms with E-state index in [0.717, 1.165) is 12.8 Å². The lowest BCUT2D eigenvalue weighted by atomic mass is 10.1. The molecule has 10 heteroatoms. The van der Waals surface area contributed by atoms with Crippen LogP contribution in [0.25, 0.3) is 10.9 Å². The van der Waals surface area contributed by atoms with Crippen LogP contribution < -0.4 is 4.90 Å². The SMILES string of the molecule is CC(C)(C)OC(=O)N1[C@H]2CC[C@H]1CN(c1nc(Cl)nc3c(F)c(Br)c(Cl)cc13)C2. The predicted molar refractivity (Wildman–Crippen MR) is 114 cm³/mol. The van der Waals surface area contributed by atoms with E-state index >= 15 is 0 Å². The van der Waals surface area contributed by atoms with Crippen molar-refractivity contribution in [2.24, 2.45) is 0 Å². The fraction of sp³-hybridized carbons (Fsp3) is 0.526. The molecule has 2 atom stereocenters. The molecule has 1 aromatic heterocycles. The molecule has 2 saturated heterocycles. The largest absolute Gasteiger partial charge is 0.444 e. The molecule has 2 aliphatic rings. The average molecular weight is 506 g/mol. The monoisotopic (exact) mass is 504 g/mol. The summed E-state index contributed by atoms with van der Waals surface area (Å²) in [6.07, 6.45) is 1.45. The van der Waals surface area contributed by atoms with Gasteiger partial charge in [0.2, 0.25) is 5.28 Å². The van der Waals surface area contributed by atoms with Crippen molar-refractivity contribution >= 4 is 61.9 Å². The minimum Gasteiger partial charge on any atom is -0.444 e. The molecule has 0 radical (unpaired) electrons. The maximum absolute atomic E-state index is 14.7. The third-order valence-corrected chi connectivity index (χ3v) is 6.64. The fourth-order valence-electron chi connectivity index (χ4n) is 4.06. The summed E-state index contributed by atoms with van der Waals surface area (Å²) in [5.74, 6) is -0.0533. The normalized spacial score (nSPS) is 21.8. The fourth-order valence-corrected chi connectivity index (χ4v) is 4.72. The van der Waals surface area contributed by atoms with Crippen LogP contribution in [0.15, 0.2) is 10.5 Å². The first-order chi connectivity index (χ1) is 13.5. The number of fused-ring (bicyclic) bond motifs is 3. The molecule has 4 rings (SSSR count). The number of ether oxygens (including phenoxy) is 1. The van der Waals surface area contributed by atoms with E-state index in [1.807, 2.05) is 30.6 Å². The number of hydrogen-bond donors (Lipinski definition) is 0. The summed E-state index contributed by atoms with van der Waals surface area (Å²) >= 11 is 15.4. The molecular formula is C19H20BrCl2FN4O2. The molecule has 156 valence electrons. The number of carbonyl (C=O) groups is 1. The number of piperazine rings is 1. The van der Waals surface area contributed by atoms with Crippen LogP contribution in [0.5, 0.6) is 0 Å². The molecule has 0 saturated carbocycles. The van der Waals surface area contributed by atoms with Gasteiger partial charge in [-0.15, -0.1) is 0 Å². The molecule has 29 heavy (non-hydrogen) atoms. The maximum atomic E-state index is 14.7. The molecule has 2 bridgehead atoms. The molecule has 2 fully saturated rings. The van der Waals surface area contributed by atoms with Crippen molar-refractivity contribution < 1.29 is 13.9 Å². The van der Waals surface area contributed by atoms with E-state index in [2.05, 4.69) is 25.9 Å². The first-order valence-corrected chi connectivity index (χ1v) is 10.9. The second-order valence-electron chi connectivity index (χ2n) is 8.38. The highest BCUT2D eigenvalue weighted by molar-refractivity contribution is 9.10. The summed E-state index contributed by atoms with van der Waals surface area (Å²) in [5.41, 5.74) is -0.440. The van der Waals surface area contributed by atoms with Crippen LogP contribution >= 0.6 is 39.1 Å². The third-order valence-electron chi connectivity index (χ3n) is 5.17. The quantitative estimate of drug-likeness (QED) is 0.382. The molecule has 3 heterocycles.